The number of rotatable bonds is 2. The van der Waals surface area contributed by atoms with E-state index in [9.17, 15) is 9.59 Å². The number of hydrogen-bond donors (Lipinski definition) is 2. The molecule has 2 atom stereocenters. The Morgan fingerprint density at radius 1 is 1.53 bits per heavy atom. The van der Waals surface area contributed by atoms with E-state index in [4.69, 9.17) is 0 Å². The van der Waals surface area contributed by atoms with Gasteiger partial charge < -0.3 is 15.5 Å². The van der Waals surface area contributed by atoms with Crippen molar-refractivity contribution in [3.8, 4) is 0 Å². The lowest BCUT2D eigenvalue weighted by atomic mass is 9.98. The summed E-state index contributed by atoms with van der Waals surface area (Å²) in [4.78, 5) is 24.9. The SMILES string of the molecule is CN1CC(NC(=O)C2CCCNC2)CC1=O.Cl. The van der Waals surface area contributed by atoms with Crippen LogP contribution in [-0.4, -0.2) is 49.4 Å². The van der Waals surface area contributed by atoms with Crippen LogP contribution in [0.25, 0.3) is 0 Å². The Hall–Kier alpha value is -0.810. The van der Waals surface area contributed by atoms with E-state index in [0.29, 0.717) is 13.0 Å². The molecule has 2 aliphatic rings. The molecule has 2 heterocycles. The zero-order chi connectivity index (χ0) is 11.5. The van der Waals surface area contributed by atoms with E-state index in [-0.39, 0.29) is 36.2 Å². The average Bonchev–Trinajstić information content (AvgIpc) is 2.59. The maximum Gasteiger partial charge on any atom is 0.224 e. The summed E-state index contributed by atoms with van der Waals surface area (Å²) < 4.78 is 0. The van der Waals surface area contributed by atoms with Crippen LogP contribution in [0.1, 0.15) is 19.3 Å². The van der Waals surface area contributed by atoms with Gasteiger partial charge >= 0.3 is 0 Å². The molecule has 0 radical (unpaired) electrons. The van der Waals surface area contributed by atoms with E-state index in [2.05, 4.69) is 10.6 Å². The summed E-state index contributed by atoms with van der Waals surface area (Å²) in [6.45, 7) is 2.42. The van der Waals surface area contributed by atoms with Crippen molar-refractivity contribution in [3.05, 3.63) is 0 Å². The van der Waals surface area contributed by atoms with Crippen molar-refractivity contribution < 1.29 is 9.59 Å². The summed E-state index contributed by atoms with van der Waals surface area (Å²) in [6, 6.07) is 0.00641. The lowest BCUT2D eigenvalue weighted by Gasteiger charge is -2.23. The molecule has 0 aromatic rings. The van der Waals surface area contributed by atoms with Gasteiger partial charge in [-0.2, -0.15) is 0 Å². The minimum atomic E-state index is 0. The van der Waals surface area contributed by atoms with Crippen molar-refractivity contribution in [1.82, 2.24) is 15.5 Å². The molecule has 0 aliphatic carbocycles. The number of nitrogens with one attached hydrogen (secondary N) is 2. The zero-order valence-corrected chi connectivity index (χ0v) is 10.9. The molecule has 17 heavy (non-hydrogen) atoms. The van der Waals surface area contributed by atoms with Gasteiger partial charge in [0, 0.05) is 26.6 Å². The molecule has 0 aromatic heterocycles. The predicted octanol–water partition coefficient (Wildman–Crippen LogP) is -0.245. The van der Waals surface area contributed by atoms with Crippen molar-refractivity contribution in [2.45, 2.75) is 25.3 Å². The number of hydrogen-bond acceptors (Lipinski definition) is 3. The monoisotopic (exact) mass is 261 g/mol. The third-order valence-electron chi connectivity index (χ3n) is 3.36. The summed E-state index contributed by atoms with van der Waals surface area (Å²) in [6.07, 6.45) is 2.46. The fourth-order valence-electron chi connectivity index (χ4n) is 2.35. The Morgan fingerprint density at radius 3 is 2.82 bits per heavy atom. The van der Waals surface area contributed by atoms with Crippen LogP contribution in [-0.2, 0) is 9.59 Å². The molecule has 2 N–H and O–H groups in total. The van der Waals surface area contributed by atoms with Crippen LogP contribution >= 0.6 is 12.4 Å². The quantitative estimate of drug-likeness (QED) is 0.721. The Balaban J connectivity index is 0.00000144. The standard InChI is InChI=1S/C11H19N3O2.ClH/c1-14-7-9(5-10(14)15)13-11(16)8-3-2-4-12-6-8;/h8-9,12H,2-7H2,1H3,(H,13,16);1H. The fraction of sp³-hybridized carbons (Fsp3) is 0.818. The largest absolute Gasteiger partial charge is 0.351 e. The lowest BCUT2D eigenvalue weighted by Crippen LogP contribution is -2.45. The van der Waals surface area contributed by atoms with E-state index in [1.54, 1.807) is 11.9 Å². The number of carbonyl (C=O) groups is 2. The molecule has 2 amide bonds. The zero-order valence-electron chi connectivity index (χ0n) is 10.1. The third kappa shape index (κ3) is 3.57. The van der Waals surface area contributed by atoms with Gasteiger partial charge in [0.2, 0.25) is 11.8 Å². The van der Waals surface area contributed by atoms with Gasteiger partial charge in [0.15, 0.2) is 0 Å². The van der Waals surface area contributed by atoms with Crippen LogP contribution in [0.4, 0.5) is 0 Å². The van der Waals surface area contributed by atoms with Gasteiger partial charge in [-0.3, -0.25) is 9.59 Å². The summed E-state index contributed by atoms with van der Waals surface area (Å²) in [5, 5.41) is 6.19. The van der Waals surface area contributed by atoms with Crippen molar-refractivity contribution in [1.29, 1.82) is 0 Å². The number of nitrogens with zero attached hydrogens (tertiary/aromatic N) is 1. The van der Waals surface area contributed by atoms with Crippen molar-refractivity contribution in [2.24, 2.45) is 5.92 Å². The maximum atomic E-state index is 11.9. The van der Waals surface area contributed by atoms with Crippen LogP contribution in [0.5, 0.6) is 0 Å². The van der Waals surface area contributed by atoms with Gasteiger partial charge in [-0.05, 0) is 19.4 Å². The minimum Gasteiger partial charge on any atom is -0.351 e. The molecule has 0 saturated carbocycles. The second kappa shape index (κ2) is 6.21. The number of halogens is 1. The van der Waals surface area contributed by atoms with Gasteiger partial charge in [-0.1, -0.05) is 0 Å². The van der Waals surface area contributed by atoms with Gasteiger partial charge in [0.25, 0.3) is 0 Å². The Labute approximate surface area is 108 Å². The third-order valence-corrected chi connectivity index (χ3v) is 3.36. The Kier molecular flexibility index (Phi) is 5.21. The molecule has 2 unspecified atom stereocenters. The fourth-order valence-corrected chi connectivity index (χ4v) is 2.35. The van der Waals surface area contributed by atoms with Crippen molar-refractivity contribution in [2.75, 3.05) is 26.7 Å². The molecular formula is C11H20ClN3O2. The molecule has 98 valence electrons. The smallest absolute Gasteiger partial charge is 0.224 e. The summed E-state index contributed by atoms with van der Waals surface area (Å²) in [5.41, 5.74) is 0. The van der Waals surface area contributed by atoms with Crippen LogP contribution in [0.3, 0.4) is 0 Å². The highest BCUT2D eigenvalue weighted by Gasteiger charge is 2.30. The number of piperidine rings is 1. The molecule has 0 bridgehead atoms. The van der Waals surface area contributed by atoms with E-state index in [1.165, 1.54) is 0 Å². The van der Waals surface area contributed by atoms with Gasteiger partial charge in [0.1, 0.15) is 0 Å². The first-order chi connectivity index (χ1) is 7.66. The minimum absolute atomic E-state index is 0. The number of likely N-dealkylation sites (N-methyl/N-ethyl adjacent to an activating group) is 1. The first-order valence-corrected chi connectivity index (χ1v) is 5.92. The molecule has 2 aliphatic heterocycles. The van der Waals surface area contributed by atoms with Crippen LogP contribution in [0.2, 0.25) is 0 Å². The summed E-state index contributed by atoms with van der Waals surface area (Å²) in [5.74, 6) is 0.294. The summed E-state index contributed by atoms with van der Waals surface area (Å²) in [7, 11) is 1.77. The number of likely N-dealkylation sites (tertiary alicyclic amines) is 1. The predicted molar refractivity (Wildman–Crippen MR) is 67.0 cm³/mol. The van der Waals surface area contributed by atoms with E-state index in [1.807, 2.05) is 0 Å². The Morgan fingerprint density at radius 2 is 2.29 bits per heavy atom. The molecule has 2 fully saturated rings. The van der Waals surface area contributed by atoms with Crippen LogP contribution < -0.4 is 10.6 Å². The normalized spacial score (nSPS) is 28.8. The first kappa shape index (κ1) is 14.3. The molecule has 6 heteroatoms. The van der Waals surface area contributed by atoms with Crippen LogP contribution in [0, 0.1) is 5.92 Å². The topological polar surface area (TPSA) is 61.4 Å². The molecule has 2 rings (SSSR count). The van der Waals surface area contributed by atoms with Crippen molar-refractivity contribution in [3.63, 3.8) is 0 Å². The average molecular weight is 262 g/mol. The first-order valence-electron chi connectivity index (χ1n) is 5.92. The molecule has 5 nitrogen and oxygen atoms in total. The van der Waals surface area contributed by atoms with E-state index < -0.39 is 0 Å². The molecular weight excluding hydrogens is 242 g/mol. The number of carbonyl (C=O) groups excluding carboxylic acids is 2. The van der Waals surface area contributed by atoms with E-state index >= 15 is 0 Å². The van der Waals surface area contributed by atoms with Gasteiger partial charge in [0.05, 0.1) is 12.0 Å². The van der Waals surface area contributed by atoms with Crippen LogP contribution in [0.15, 0.2) is 0 Å². The maximum absolute atomic E-state index is 11.9. The second-order valence-electron chi connectivity index (χ2n) is 4.73. The molecule has 0 spiro atoms. The summed E-state index contributed by atoms with van der Waals surface area (Å²) >= 11 is 0. The molecule has 0 aromatic carbocycles. The molecule has 2 saturated heterocycles. The van der Waals surface area contributed by atoms with E-state index in [0.717, 1.165) is 25.9 Å². The second-order valence-corrected chi connectivity index (χ2v) is 4.73. The highest BCUT2D eigenvalue weighted by Crippen LogP contribution is 2.13. The van der Waals surface area contributed by atoms with Gasteiger partial charge in [-0.15, -0.1) is 12.4 Å². The van der Waals surface area contributed by atoms with Crippen molar-refractivity contribution >= 4 is 24.2 Å². The lowest BCUT2D eigenvalue weighted by molar-refractivity contribution is -0.126. The van der Waals surface area contributed by atoms with Gasteiger partial charge in [-0.25, -0.2) is 0 Å². The number of amides is 2. The Bertz CT molecular complexity index is 292. The highest BCUT2D eigenvalue weighted by molar-refractivity contribution is 5.85. The highest BCUT2D eigenvalue weighted by atomic mass is 35.5.